The predicted octanol–water partition coefficient (Wildman–Crippen LogP) is 2.08. The number of fused-ring (bicyclic) bond motifs is 1. The van der Waals surface area contributed by atoms with E-state index in [1.165, 1.54) is 43.4 Å². The summed E-state index contributed by atoms with van der Waals surface area (Å²) in [6.07, 6.45) is 4.86. The zero-order valence-corrected chi connectivity index (χ0v) is 16.8. The lowest BCUT2D eigenvalue weighted by molar-refractivity contribution is 0.112. The number of hydrogen-bond donors (Lipinski definition) is 2. The van der Waals surface area contributed by atoms with Crippen LogP contribution in [0.4, 0.5) is 0 Å². The van der Waals surface area contributed by atoms with Gasteiger partial charge in [-0.1, -0.05) is 6.07 Å². The quantitative estimate of drug-likeness (QED) is 0.673. The maximum atomic E-state index is 9.01. The third-order valence-corrected chi connectivity index (χ3v) is 5.59. The Morgan fingerprint density at radius 1 is 1.15 bits per heavy atom. The van der Waals surface area contributed by atoms with Crippen molar-refractivity contribution in [3.63, 3.8) is 0 Å². The second-order valence-electron chi connectivity index (χ2n) is 7.22. The number of piperazine rings is 1. The first-order valence-electron chi connectivity index (χ1n) is 9.76. The monoisotopic (exact) mass is 383 g/mol. The molecule has 0 amide bonds. The maximum absolute atomic E-state index is 9.01. The van der Waals surface area contributed by atoms with Gasteiger partial charge in [0.25, 0.3) is 0 Å². The smallest absolute Gasteiger partial charge is 0.119 e. The molecule has 1 aromatic carbocycles. The van der Waals surface area contributed by atoms with E-state index in [9.17, 15) is 0 Å². The van der Waals surface area contributed by atoms with Gasteiger partial charge in [0.1, 0.15) is 5.75 Å². The Morgan fingerprint density at radius 3 is 2.58 bits per heavy atom. The molecule has 0 saturated carbocycles. The van der Waals surface area contributed by atoms with Crippen molar-refractivity contribution in [1.82, 2.24) is 15.1 Å². The van der Waals surface area contributed by atoms with E-state index in [2.05, 4.69) is 33.3 Å². The average Bonchev–Trinajstić information content (AvgIpc) is 2.66. The van der Waals surface area contributed by atoms with Crippen LogP contribution in [-0.4, -0.2) is 74.4 Å². The van der Waals surface area contributed by atoms with Gasteiger partial charge in [-0.25, -0.2) is 0 Å². The minimum Gasteiger partial charge on any atom is -0.497 e. The van der Waals surface area contributed by atoms with Crippen molar-refractivity contribution in [3.8, 4) is 5.75 Å². The number of nitrogens with one attached hydrogen (secondary N) is 1. The van der Waals surface area contributed by atoms with Crippen molar-refractivity contribution in [2.24, 2.45) is 0 Å². The van der Waals surface area contributed by atoms with Crippen LogP contribution in [0.2, 0.25) is 0 Å². The van der Waals surface area contributed by atoms with Crippen LogP contribution >= 0.6 is 12.4 Å². The molecule has 0 aromatic heterocycles. The Kier molecular flexibility index (Phi) is 9.16. The van der Waals surface area contributed by atoms with Crippen LogP contribution in [-0.2, 0) is 6.42 Å². The van der Waals surface area contributed by atoms with Gasteiger partial charge in [-0.05, 0) is 62.0 Å². The minimum absolute atomic E-state index is 0. The third-order valence-electron chi connectivity index (χ3n) is 5.59. The Labute approximate surface area is 164 Å². The first-order chi connectivity index (χ1) is 12.3. The predicted molar refractivity (Wildman–Crippen MR) is 109 cm³/mol. The van der Waals surface area contributed by atoms with Crippen molar-refractivity contribution < 1.29 is 9.84 Å². The van der Waals surface area contributed by atoms with Gasteiger partial charge in [-0.3, -0.25) is 4.90 Å². The molecule has 2 N–H and O–H groups in total. The summed E-state index contributed by atoms with van der Waals surface area (Å²) in [5.41, 5.74) is 2.91. The lowest BCUT2D eigenvalue weighted by atomic mass is 9.87. The van der Waals surface area contributed by atoms with Crippen molar-refractivity contribution in [2.75, 3.05) is 59.5 Å². The summed E-state index contributed by atoms with van der Waals surface area (Å²) < 4.78 is 5.36. The van der Waals surface area contributed by atoms with Gasteiger partial charge in [0.2, 0.25) is 0 Å². The van der Waals surface area contributed by atoms with E-state index < -0.39 is 0 Å². The first kappa shape index (κ1) is 21.5. The van der Waals surface area contributed by atoms with Crippen molar-refractivity contribution in [3.05, 3.63) is 29.3 Å². The molecule has 1 aliphatic heterocycles. The molecule has 2 aliphatic rings. The van der Waals surface area contributed by atoms with Crippen LogP contribution in [0.15, 0.2) is 18.2 Å². The van der Waals surface area contributed by atoms with E-state index in [4.69, 9.17) is 9.84 Å². The van der Waals surface area contributed by atoms with Crippen molar-refractivity contribution in [1.29, 1.82) is 0 Å². The number of hydrogen-bond acceptors (Lipinski definition) is 5. The Morgan fingerprint density at radius 2 is 1.88 bits per heavy atom. The number of rotatable bonds is 8. The SMILES string of the molecule is COc1ccc2c(c1)CCCC2NCCCN1CCN(CCO)CC1.Cl. The highest BCUT2D eigenvalue weighted by molar-refractivity contribution is 5.85. The number of methoxy groups -OCH3 is 1. The topological polar surface area (TPSA) is 48.0 Å². The van der Waals surface area contributed by atoms with Gasteiger partial charge in [0.15, 0.2) is 0 Å². The van der Waals surface area contributed by atoms with Crippen molar-refractivity contribution in [2.45, 2.75) is 31.7 Å². The third kappa shape index (κ3) is 5.83. The van der Waals surface area contributed by atoms with Crippen LogP contribution in [0.5, 0.6) is 5.75 Å². The van der Waals surface area contributed by atoms with Gasteiger partial charge in [0, 0.05) is 38.8 Å². The van der Waals surface area contributed by atoms with Gasteiger partial charge < -0.3 is 20.1 Å². The summed E-state index contributed by atoms with van der Waals surface area (Å²) in [6, 6.07) is 7.03. The maximum Gasteiger partial charge on any atom is 0.119 e. The van der Waals surface area contributed by atoms with Crippen molar-refractivity contribution >= 4 is 12.4 Å². The fourth-order valence-corrected chi connectivity index (χ4v) is 4.09. The Bertz CT molecular complexity index is 536. The molecule has 1 saturated heterocycles. The normalized spacial score (nSPS) is 21.1. The number of aryl methyl sites for hydroxylation is 1. The number of aliphatic hydroxyl groups is 1. The molecule has 1 unspecified atom stereocenters. The lowest BCUT2D eigenvalue weighted by Crippen LogP contribution is -2.47. The summed E-state index contributed by atoms with van der Waals surface area (Å²) in [5.74, 6) is 0.972. The zero-order chi connectivity index (χ0) is 17.5. The second kappa shape index (κ2) is 11.1. The number of nitrogens with zero attached hydrogens (tertiary/aromatic N) is 2. The van der Waals surface area contributed by atoms with Crippen LogP contribution in [0.1, 0.15) is 36.4 Å². The van der Waals surface area contributed by atoms with E-state index in [1.54, 1.807) is 7.11 Å². The number of halogens is 1. The van der Waals surface area contributed by atoms with E-state index in [0.29, 0.717) is 6.04 Å². The molecule has 1 aromatic rings. The number of β-amino-alcohol motifs (C(OH)–C–C–N with tert-alkyl or cyclic N) is 1. The van der Waals surface area contributed by atoms with Crippen LogP contribution < -0.4 is 10.1 Å². The molecular formula is C20H34ClN3O2. The highest BCUT2D eigenvalue weighted by Gasteiger charge is 2.20. The molecule has 26 heavy (non-hydrogen) atoms. The summed E-state index contributed by atoms with van der Waals surface area (Å²) in [6.45, 7) is 7.78. The van der Waals surface area contributed by atoms with E-state index in [1.807, 2.05) is 0 Å². The molecule has 3 rings (SSSR count). The molecule has 1 fully saturated rings. The Balaban J connectivity index is 0.00000243. The van der Waals surface area contributed by atoms with Crippen LogP contribution in [0, 0.1) is 0 Å². The molecule has 148 valence electrons. The van der Waals surface area contributed by atoms with Gasteiger partial charge in [-0.2, -0.15) is 0 Å². The molecule has 6 heteroatoms. The second-order valence-corrected chi connectivity index (χ2v) is 7.22. The molecular weight excluding hydrogens is 350 g/mol. The van der Waals surface area contributed by atoms with E-state index in [-0.39, 0.29) is 19.0 Å². The fourth-order valence-electron chi connectivity index (χ4n) is 4.09. The largest absolute Gasteiger partial charge is 0.497 e. The number of aliphatic hydroxyl groups excluding tert-OH is 1. The summed E-state index contributed by atoms with van der Waals surface area (Å²) in [5, 5.41) is 12.8. The fraction of sp³-hybridized carbons (Fsp3) is 0.700. The van der Waals surface area contributed by atoms with Gasteiger partial charge >= 0.3 is 0 Å². The Hall–Kier alpha value is -0.850. The zero-order valence-electron chi connectivity index (χ0n) is 16.0. The van der Waals surface area contributed by atoms with Crippen LogP contribution in [0.3, 0.4) is 0 Å². The highest BCUT2D eigenvalue weighted by atomic mass is 35.5. The average molecular weight is 384 g/mol. The number of benzene rings is 1. The first-order valence-corrected chi connectivity index (χ1v) is 9.76. The van der Waals surface area contributed by atoms with E-state index in [0.717, 1.165) is 45.0 Å². The molecule has 1 heterocycles. The summed E-state index contributed by atoms with van der Waals surface area (Å²) in [4.78, 5) is 4.90. The molecule has 0 spiro atoms. The highest BCUT2D eigenvalue weighted by Crippen LogP contribution is 2.32. The summed E-state index contributed by atoms with van der Waals surface area (Å²) >= 11 is 0. The number of ether oxygens (including phenoxy) is 1. The molecule has 1 atom stereocenters. The molecule has 1 aliphatic carbocycles. The lowest BCUT2D eigenvalue weighted by Gasteiger charge is -2.34. The molecule has 0 bridgehead atoms. The van der Waals surface area contributed by atoms with Gasteiger partial charge in [-0.15, -0.1) is 12.4 Å². The van der Waals surface area contributed by atoms with E-state index >= 15 is 0 Å². The van der Waals surface area contributed by atoms with Crippen LogP contribution in [0.25, 0.3) is 0 Å². The molecule has 0 radical (unpaired) electrons. The van der Waals surface area contributed by atoms with Gasteiger partial charge in [0.05, 0.1) is 13.7 Å². The standard InChI is InChI=1S/C20H33N3O2.ClH/c1-25-18-6-7-19-17(16-18)4-2-5-20(19)21-8-3-9-22-10-12-23(13-11-22)14-15-24;/h6-7,16,20-21,24H,2-5,8-15H2,1H3;1H. The minimum atomic E-state index is 0. The molecule has 5 nitrogen and oxygen atoms in total. The summed E-state index contributed by atoms with van der Waals surface area (Å²) in [7, 11) is 1.74.